The molecule has 0 aromatic rings. The van der Waals surface area contributed by atoms with Gasteiger partial charge >= 0.3 is 0 Å². The topological polar surface area (TPSA) is 0 Å². The third kappa shape index (κ3) is 2.04. The summed E-state index contributed by atoms with van der Waals surface area (Å²) in [5, 5.41) is 0. The Kier molecular flexibility index (Phi) is 3.04. The fourth-order valence-corrected chi connectivity index (χ4v) is 3.43. The predicted molar refractivity (Wildman–Crippen MR) is 66.7 cm³/mol. The molecule has 0 heterocycles. The summed E-state index contributed by atoms with van der Waals surface area (Å²) < 4.78 is 0. The molecule has 0 heteroatoms. The van der Waals surface area contributed by atoms with E-state index in [4.69, 9.17) is 0 Å². The van der Waals surface area contributed by atoms with E-state index in [1.54, 1.807) is 16.7 Å². The molecule has 2 aliphatic carbocycles. The maximum absolute atomic E-state index is 2.44. The van der Waals surface area contributed by atoms with E-state index in [2.05, 4.69) is 33.8 Å². The molecular formula is C15H24. The standard InChI is InChI=1S/C15H24/c1-10(2)13-8-6-12(4)14-7-5-11(3)9-15(13)14/h5,10,13,15H,6-9H2,1-4H3. The van der Waals surface area contributed by atoms with Gasteiger partial charge in [0.25, 0.3) is 0 Å². The van der Waals surface area contributed by atoms with E-state index in [0.29, 0.717) is 0 Å². The number of hydrogen-bond donors (Lipinski definition) is 0. The summed E-state index contributed by atoms with van der Waals surface area (Å²) in [5.74, 6) is 2.67. The second kappa shape index (κ2) is 4.15. The van der Waals surface area contributed by atoms with Crippen molar-refractivity contribution in [2.75, 3.05) is 0 Å². The Balaban J connectivity index is 2.29. The molecule has 15 heavy (non-hydrogen) atoms. The van der Waals surface area contributed by atoms with Crippen LogP contribution in [-0.2, 0) is 0 Å². The second-order valence-electron chi connectivity index (χ2n) is 5.82. The molecule has 0 radical (unpaired) electrons. The molecule has 2 atom stereocenters. The van der Waals surface area contributed by atoms with E-state index in [1.165, 1.54) is 25.7 Å². The van der Waals surface area contributed by atoms with Crippen LogP contribution in [0.15, 0.2) is 22.8 Å². The van der Waals surface area contributed by atoms with Crippen molar-refractivity contribution in [1.29, 1.82) is 0 Å². The van der Waals surface area contributed by atoms with Crippen LogP contribution in [0.5, 0.6) is 0 Å². The molecule has 0 aliphatic heterocycles. The van der Waals surface area contributed by atoms with Crippen molar-refractivity contribution >= 4 is 0 Å². The minimum Gasteiger partial charge on any atom is -0.0815 e. The van der Waals surface area contributed by atoms with Gasteiger partial charge in [0, 0.05) is 0 Å². The van der Waals surface area contributed by atoms with Crippen molar-refractivity contribution in [2.24, 2.45) is 17.8 Å². The fraction of sp³-hybridized carbons (Fsp3) is 0.733. The van der Waals surface area contributed by atoms with Crippen LogP contribution in [0.4, 0.5) is 0 Å². The zero-order valence-corrected chi connectivity index (χ0v) is 10.6. The Morgan fingerprint density at radius 2 is 2.00 bits per heavy atom. The molecule has 0 nitrogen and oxygen atoms in total. The summed E-state index contributed by atoms with van der Waals surface area (Å²) in [6, 6.07) is 0. The minimum atomic E-state index is 0.851. The Morgan fingerprint density at radius 3 is 2.67 bits per heavy atom. The first-order valence-electron chi connectivity index (χ1n) is 6.43. The van der Waals surface area contributed by atoms with E-state index in [0.717, 1.165) is 17.8 Å². The Bertz CT molecular complexity index is 304. The smallest absolute Gasteiger partial charge is 0.0130 e. The van der Waals surface area contributed by atoms with Crippen molar-refractivity contribution in [3.05, 3.63) is 22.8 Å². The number of allylic oxidation sites excluding steroid dienone is 4. The lowest BCUT2D eigenvalue weighted by atomic mass is 9.66. The maximum atomic E-state index is 2.44. The predicted octanol–water partition coefficient (Wildman–Crippen LogP) is 4.73. The summed E-state index contributed by atoms with van der Waals surface area (Å²) in [4.78, 5) is 0. The zero-order valence-electron chi connectivity index (χ0n) is 10.6. The van der Waals surface area contributed by atoms with Gasteiger partial charge in [-0.05, 0) is 57.3 Å². The Morgan fingerprint density at radius 1 is 1.27 bits per heavy atom. The van der Waals surface area contributed by atoms with Gasteiger partial charge in [0.2, 0.25) is 0 Å². The molecule has 2 rings (SSSR count). The third-order valence-corrected chi connectivity index (χ3v) is 4.43. The summed E-state index contributed by atoms with van der Waals surface area (Å²) >= 11 is 0. The summed E-state index contributed by atoms with van der Waals surface area (Å²) in [6.45, 7) is 9.46. The molecule has 0 N–H and O–H groups in total. The molecule has 2 unspecified atom stereocenters. The molecule has 2 aliphatic rings. The molecule has 0 saturated carbocycles. The highest BCUT2D eigenvalue weighted by Gasteiger charge is 2.33. The molecular weight excluding hydrogens is 180 g/mol. The average molecular weight is 204 g/mol. The van der Waals surface area contributed by atoms with Crippen LogP contribution in [0.25, 0.3) is 0 Å². The van der Waals surface area contributed by atoms with Gasteiger partial charge in [-0.3, -0.25) is 0 Å². The zero-order chi connectivity index (χ0) is 11.0. The van der Waals surface area contributed by atoms with Gasteiger partial charge in [-0.25, -0.2) is 0 Å². The lowest BCUT2D eigenvalue weighted by Crippen LogP contribution is -2.28. The van der Waals surface area contributed by atoms with Crippen molar-refractivity contribution < 1.29 is 0 Å². The molecule has 0 aromatic heterocycles. The maximum Gasteiger partial charge on any atom is -0.0130 e. The number of rotatable bonds is 1. The molecule has 0 spiro atoms. The van der Waals surface area contributed by atoms with Gasteiger partial charge in [0.15, 0.2) is 0 Å². The Hall–Kier alpha value is -0.520. The quantitative estimate of drug-likeness (QED) is 0.542. The van der Waals surface area contributed by atoms with Crippen LogP contribution < -0.4 is 0 Å². The van der Waals surface area contributed by atoms with Crippen LogP contribution in [0.3, 0.4) is 0 Å². The van der Waals surface area contributed by atoms with Crippen LogP contribution in [0.1, 0.15) is 53.4 Å². The highest BCUT2D eigenvalue weighted by atomic mass is 14.4. The number of hydrogen-bond acceptors (Lipinski definition) is 0. The van der Waals surface area contributed by atoms with Gasteiger partial charge in [-0.15, -0.1) is 0 Å². The van der Waals surface area contributed by atoms with Crippen molar-refractivity contribution in [3.8, 4) is 0 Å². The molecule has 0 aromatic carbocycles. The van der Waals surface area contributed by atoms with Crippen LogP contribution >= 0.6 is 0 Å². The van der Waals surface area contributed by atoms with Crippen LogP contribution in [-0.4, -0.2) is 0 Å². The van der Waals surface area contributed by atoms with Crippen LogP contribution in [0, 0.1) is 17.8 Å². The van der Waals surface area contributed by atoms with Crippen molar-refractivity contribution in [3.63, 3.8) is 0 Å². The normalized spacial score (nSPS) is 31.7. The van der Waals surface area contributed by atoms with E-state index < -0.39 is 0 Å². The molecule has 0 bridgehead atoms. The number of fused-ring (bicyclic) bond motifs is 1. The van der Waals surface area contributed by atoms with Gasteiger partial charge < -0.3 is 0 Å². The summed E-state index contributed by atoms with van der Waals surface area (Å²) in [7, 11) is 0. The van der Waals surface area contributed by atoms with Gasteiger partial charge in [0.05, 0.1) is 0 Å². The first kappa shape index (κ1) is 11.0. The van der Waals surface area contributed by atoms with Crippen LogP contribution in [0.2, 0.25) is 0 Å². The minimum absolute atomic E-state index is 0.851. The first-order chi connectivity index (χ1) is 7.09. The summed E-state index contributed by atoms with van der Waals surface area (Å²) in [6.07, 6.45) is 7.78. The van der Waals surface area contributed by atoms with Gasteiger partial charge in [0.1, 0.15) is 0 Å². The second-order valence-corrected chi connectivity index (χ2v) is 5.82. The molecule has 0 fully saturated rings. The Labute approximate surface area is 94.5 Å². The average Bonchev–Trinajstić information content (AvgIpc) is 2.17. The third-order valence-electron chi connectivity index (χ3n) is 4.43. The van der Waals surface area contributed by atoms with Gasteiger partial charge in [-0.1, -0.05) is 36.6 Å². The SMILES string of the molecule is CC1=CCC2=C(C)CCC(C(C)C)C2C1. The van der Waals surface area contributed by atoms with E-state index in [-0.39, 0.29) is 0 Å². The monoisotopic (exact) mass is 204 g/mol. The highest BCUT2D eigenvalue weighted by molar-refractivity contribution is 5.28. The van der Waals surface area contributed by atoms with E-state index in [9.17, 15) is 0 Å². The highest BCUT2D eigenvalue weighted by Crippen LogP contribution is 2.45. The van der Waals surface area contributed by atoms with Crippen molar-refractivity contribution in [2.45, 2.75) is 53.4 Å². The molecule has 0 saturated heterocycles. The van der Waals surface area contributed by atoms with Gasteiger partial charge in [-0.2, -0.15) is 0 Å². The fourth-order valence-electron chi connectivity index (χ4n) is 3.43. The largest absolute Gasteiger partial charge is 0.0815 e. The molecule has 0 amide bonds. The first-order valence-corrected chi connectivity index (χ1v) is 6.43. The van der Waals surface area contributed by atoms with E-state index in [1.807, 2.05) is 0 Å². The lowest BCUT2D eigenvalue weighted by Gasteiger charge is -2.39. The lowest BCUT2D eigenvalue weighted by molar-refractivity contribution is 0.242. The van der Waals surface area contributed by atoms with E-state index >= 15 is 0 Å². The van der Waals surface area contributed by atoms with Crippen molar-refractivity contribution in [1.82, 2.24) is 0 Å². The molecule has 84 valence electrons. The summed E-state index contributed by atoms with van der Waals surface area (Å²) in [5.41, 5.74) is 5.09.